The van der Waals surface area contributed by atoms with E-state index in [4.69, 9.17) is 0 Å². The van der Waals surface area contributed by atoms with Gasteiger partial charge in [-0.2, -0.15) is 5.10 Å². The fourth-order valence-electron chi connectivity index (χ4n) is 4.01. The van der Waals surface area contributed by atoms with Crippen molar-refractivity contribution in [2.75, 3.05) is 6.54 Å². The van der Waals surface area contributed by atoms with E-state index in [1.165, 1.54) is 0 Å². The number of aryl methyl sites for hydroxylation is 2. The van der Waals surface area contributed by atoms with E-state index in [1.807, 2.05) is 72.0 Å². The lowest BCUT2D eigenvalue weighted by molar-refractivity contribution is -0.128. The van der Waals surface area contributed by atoms with Gasteiger partial charge in [-0.25, -0.2) is 0 Å². The van der Waals surface area contributed by atoms with E-state index >= 15 is 0 Å². The van der Waals surface area contributed by atoms with E-state index in [2.05, 4.69) is 16.5 Å². The van der Waals surface area contributed by atoms with E-state index in [0.29, 0.717) is 31.6 Å². The zero-order valence-electron chi connectivity index (χ0n) is 18.1. The molecule has 0 spiro atoms. The minimum absolute atomic E-state index is 0.107. The highest BCUT2D eigenvalue weighted by Gasteiger charge is 2.21. The molecule has 160 valence electrons. The highest BCUT2D eigenvalue weighted by molar-refractivity contribution is 5.94. The van der Waals surface area contributed by atoms with Crippen LogP contribution in [0.15, 0.2) is 54.6 Å². The number of likely N-dealkylation sites (tertiary alicyclic amines) is 1. The molecular formula is C25H28N4O2. The minimum atomic E-state index is -0.107. The second kappa shape index (κ2) is 9.16. The van der Waals surface area contributed by atoms with Gasteiger partial charge in [0.05, 0.1) is 12.2 Å². The Labute approximate surface area is 182 Å². The normalized spacial score (nSPS) is 13.6. The average Bonchev–Trinajstić information content (AvgIpc) is 3.31. The summed E-state index contributed by atoms with van der Waals surface area (Å²) >= 11 is 0. The molecule has 4 rings (SSSR count). The molecule has 0 aliphatic carbocycles. The molecule has 6 heteroatoms. The van der Waals surface area contributed by atoms with Gasteiger partial charge in [0.25, 0.3) is 5.91 Å². The van der Waals surface area contributed by atoms with Gasteiger partial charge in [-0.3, -0.25) is 14.3 Å². The van der Waals surface area contributed by atoms with Crippen molar-refractivity contribution in [2.24, 2.45) is 0 Å². The molecule has 2 amide bonds. The van der Waals surface area contributed by atoms with Crippen LogP contribution in [0, 0.1) is 13.8 Å². The van der Waals surface area contributed by atoms with Crippen molar-refractivity contribution in [3.63, 3.8) is 0 Å². The Morgan fingerprint density at radius 1 is 1.03 bits per heavy atom. The summed E-state index contributed by atoms with van der Waals surface area (Å²) < 4.78 is 1.96. The number of rotatable bonds is 7. The molecule has 1 aliphatic heterocycles. The Morgan fingerprint density at radius 2 is 1.77 bits per heavy atom. The minimum Gasteiger partial charge on any atom is -0.348 e. The van der Waals surface area contributed by atoms with Crippen molar-refractivity contribution in [1.82, 2.24) is 20.0 Å². The number of benzene rings is 2. The molecule has 6 nitrogen and oxygen atoms in total. The van der Waals surface area contributed by atoms with Crippen molar-refractivity contribution in [3.8, 4) is 0 Å². The fourth-order valence-corrected chi connectivity index (χ4v) is 4.01. The first-order valence-electron chi connectivity index (χ1n) is 10.7. The summed E-state index contributed by atoms with van der Waals surface area (Å²) in [4.78, 5) is 26.5. The first-order chi connectivity index (χ1) is 15.0. The second-order valence-corrected chi connectivity index (χ2v) is 8.15. The van der Waals surface area contributed by atoms with Gasteiger partial charge in [0.2, 0.25) is 5.91 Å². The van der Waals surface area contributed by atoms with E-state index in [-0.39, 0.29) is 11.8 Å². The summed E-state index contributed by atoms with van der Waals surface area (Å²) in [6.07, 6.45) is 1.56. The molecule has 0 saturated carbocycles. The molecule has 1 aliphatic rings. The summed E-state index contributed by atoms with van der Waals surface area (Å²) in [5.74, 6) is 0.101. The molecule has 2 heterocycles. The molecule has 1 N–H and O–H groups in total. The molecule has 2 aromatic carbocycles. The molecular weight excluding hydrogens is 388 g/mol. The number of carbonyl (C=O) groups is 2. The Balaban J connectivity index is 1.37. The first kappa shape index (κ1) is 20.8. The molecule has 0 radical (unpaired) electrons. The summed E-state index contributed by atoms with van der Waals surface area (Å²) in [6, 6.07) is 17.7. The zero-order chi connectivity index (χ0) is 21.8. The lowest BCUT2D eigenvalue weighted by Crippen LogP contribution is -2.26. The van der Waals surface area contributed by atoms with Crippen LogP contribution in [0.3, 0.4) is 0 Å². The second-order valence-electron chi connectivity index (χ2n) is 8.15. The van der Waals surface area contributed by atoms with Crippen molar-refractivity contribution in [3.05, 3.63) is 88.2 Å². The van der Waals surface area contributed by atoms with Crippen LogP contribution in [0.1, 0.15) is 51.3 Å². The Bertz CT molecular complexity index is 1090. The van der Waals surface area contributed by atoms with Gasteiger partial charge in [0, 0.05) is 37.3 Å². The largest absolute Gasteiger partial charge is 0.348 e. The first-order valence-corrected chi connectivity index (χ1v) is 10.7. The molecule has 3 aromatic rings. The van der Waals surface area contributed by atoms with Gasteiger partial charge in [-0.1, -0.05) is 36.4 Å². The summed E-state index contributed by atoms with van der Waals surface area (Å²) in [6.45, 7) is 6.56. The van der Waals surface area contributed by atoms with E-state index in [0.717, 1.165) is 41.0 Å². The molecule has 0 bridgehead atoms. The molecule has 0 unspecified atom stereocenters. The molecule has 31 heavy (non-hydrogen) atoms. The maximum atomic E-state index is 12.7. The van der Waals surface area contributed by atoms with Gasteiger partial charge in [-0.15, -0.1) is 0 Å². The highest BCUT2D eigenvalue weighted by Crippen LogP contribution is 2.17. The van der Waals surface area contributed by atoms with Crippen LogP contribution in [0.4, 0.5) is 0 Å². The van der Waals surface area contributed by atoms with Crippen LogP contribution in [-0.2, 0) is 24.4 Å². The standard InChI is InChI=1S/C25H28N4O2/c1-18-14-19(2)29(27-18)16-20-9-11-21(12-10-20)25(31)26-15-22-6-3-4-7-23(22)17-28-13-5-8-24(28)30/h3-4,6-7,9-12,14H,5,8,13,15-17H2,1-2H3,(H,26,31). The third-order valence-electron chi connectivity index (χ3n) is 5.74. The maximum absolute atomic E-state index is 12.7. The number of hydrogen-bond donors (Lipinski definition) is 1. The number of nitrogens with one attached hydrogen (secondary N) is 1. The number of amides is 2. The predicted molar refractivity (Wildman–Crippen MR) is 120 cm³/mol. The SMILES string of the molecule is Cc1cc(C)n(Cc2ccc(C(=O)NCc3ccccc3CN3CCCC3=O)cc2)n1. The van der Waals surface area contributed by atoms with Crippen molar-refractivity contribution in [1.29, 1.82) is 0 Å². The average molecular weight is 417 g/mol. The van der Waals surface area contributed by atoms with Crippen LogP contribution >= 0.6 is 0 Å². The lowest BCUT2D eigenvalue weighted by atomic mass is 10.1. The quantitative estimate of drug-likeness (QED) is 0.640. The Hall–Kier alpha value is -3.41. The zero-order valence-corrected chi connectivity index (χ0v) is 18.1. The number of hydrogen-bond acceptors (Lipinski definition) is 3. The van der Waals surface area contributed by atoms with Gasteiger partial charge in [0.1, 0.15) is 0 Å². The van der Waals surface area contributed by atoms with E-state index in [9.17, 15) is 9.59 Å². The molecule has 1 aromatic heterocycles. The van der Waals surface area contributed by atoms with Crippen molar-refractivity contribution >= 4 is 11.8 Å². The van der Waals surface area contributed by atoms with Crippen molar-refractivity contribution < 1.29 is 9.59 Å². The summed E-state index contributed by atoms with van der Waals surface area (Å²) in [5, 5.41) is 7.50. The molecule has 1 saturated heterocycles. The fraction of sp³-hybridized carbons (Fsp3) is 0.320. The number of nitrogens with zero attached hydrogens (tertiary/aromatic N) is 3. The lowest BCUT2D eigenvalue weighted by Gasteiger charge is -2.18. The van der Waals surface area contributed by atoms with Gasteiger partial charge in [-0.05, 0) is 55.2 Å². The molecule has 1 fully saturated rings. The van der Waals surface area contributed by atoms with Crippen LogP contribution in [0.5, 0.6) is 0 Å². The van der Waals surface area contributed by atoms with Crippen LogP contribution in [0.2, 0.25) is 0 Å². The number of aromatic nitrogens is 2. The topological polar surface area (TPSA) is 67.2 Å². The van der Waals surface area contributed by atoms with Crippen LogP contribution < -0.4 is 5.32 Å². The van der Waals surface area contributed by atoms with Gasteiger partial charge < -0.3 is 10.2 Å². The third-order valence-corrected chi connectivity index (χ3v) is 5.74. The number of carbonyl (C=O) groups excluding carboxylic acids is 2. The smallest absolute Gasteiger partial charge is 0.251 e. The van der Waals surface area contributed by atoms with E-state index in [1.54, 1.807) is 0 Å². The summed E-state index contributed by atoms with van der Waals surface area (Å²) in [5.41, 5.74) is 5.97. The highest BCUT2D eigenvalue weighted by atomic mass is 16.2. The predicted octanol–water partition coefficient (Wildman–Crippen LogP) is 3.60. The van der Waals surface area contributed by atoms with Crippen LogP contribution in [-0.4, -0.2) is 33.0 Å². The Morgan fingerprint density at radius 3 is 2.42 bits per heavy atom. The third kappa shape index (κ3) is 5.02. The van der Waals surface area contributed by atoms with Gasteiger partial charge >= 0.3 is 0 Å². The maximum Gasteiger partial charge on any atom is 0.251 e. The Kier molecular flexibility index (Phi) is 6.16. The molecule has 0 atom stereocenters. The van der Waals surface area contributed by atoms with Gasteiger partial charge in [0.15, 0.2) is 0 Å². The van der Waals surface area contributed by atoms with E-state index < -0.39 is 0 Å². The van der Waals surface area contributed by atoms with Crippen LogP contribution in [0.25, 0.3) is 0 Å². The summed E-state index contributed by atoms with van der Waals surface area (Å²) in [7, 11) is 0. The van der Waals surface area contributed by atoms with Crippen molar-refractivity contribution in [2.45, 2.75) is 46.3 Å². The monoisotopic (exact) mass is 416 g/mol.